The van der Waals surface area contributed by atoms with E-state index in [4.69, 9.17) is 4.74 Å². The lowest BCUT2D eigenvalue weighted by atomic mass is 9.98. The van der Waals surface area contributed by atoms with Crippen molar-refractivity contribution in [3.8, 4) is 0 Å². The zero-order valence-corrected chi connectivity index (χ0v) is 11.0. The molecule has 0 atom stereocenters. The van der Waals surface area contributed by atoms with E-state index < -0.39 is 10.9 Å². The SMILES string of the molecule is Cc1cccc(C(=O)OCC(C)(C)C)c1[N+](=O)[O-]. The molecule has 0 saturated heterocycles. The lowest BCUT2D eigenvalue weighted by Crippen LogP contribution is -2.19. The van der Waals surface area contributed by atoms with Gasteiger partial charge in [0.25, 0.3) is 5.69 Å². The van der Waals surface area contributed by atoms with Crippen molar-refractivity contribution in [1.82, 2.24) is 0 Å². The maximum Gasteiger partial charge on any atom is 0.345 e. The van der Waals surface area contributed by atoms with Gasteiger partial charge in [-0.2, -0.15) is 0 Å². The molecule has 0 N–H and O–H groups in total. The van der Waals surface area contributed by atoms with Crippen LogP contribution in [0.15, 0.2) is 18.2 Å². The Morgan fingerprint density at radius 1 is 1.39 bits per heavy atom. The van der Waals surface area contributed by atoms with Crippen LogP contribution in [0.3, 0.4) is 0 Å². The van der Waals surface area contributed by atoms with Crippen molar-refractivity contribution < 1.29 is 14.5 Å². The van der Waals surface area contributed by atoms with Crippen molar-refractivity contribution in [2.24, 2.45) is 5.41 Å². The van der Waals surface area contributed by atoms with Gasteiger partial charge in [-0.3, -0.25) is 10.1 Å². The third-order valence-electron chi connectivity index (χ3n) is 2.28. The normalized spacial score (nSPS) is 11.1. The second-order valence-corrected chi connectivity index (χ2v) is 5.36. The fraction of sp³-hybridized carbons (Fsp3) is 0.462. The van der Waals surface area contributed by atoms with Crippen LogP contribution in [0.25, 0.3) is 0 Å². The van der Waals surface area contributed by atoms with Crippen LogP contribution < -0.4 is 0 Å². The Bertz CT molecular complexity index is 474. The maximum absolute atomic E-state index is 11.8. The summed E-state index contributed by atoms with van der Waals surface area (Å²) in [6, 6.07) is 4.62. The van der Waals surface area contributed by atoms with Gasteiger partial charge in [0.2, 0.25) is 0 Å². The molecule has 0 unspecified atom stereocenters. The van der Waals surface area contributed by atoms with Gasteiger partial charge in [-0.25, -0.2) is 4.79 Å². The van der Waals surface area contributed by atoms with Crippen molar-refractivity contribution in [2.75, 3.05) is 6.61 Å². The van der Waals surface area contributed by atoms with Crippen LogP contribution in [0.5, 0.6) is 0 Å². The minimum absolute atomic E-state index is 0.00394. The number of rotatable bonds is 3. The Morgan fingerprint density at radius 2 is 2.00 bits per heavy atom. The van der Waals surface area contributed by atoms with E-state index in [1.54, 1.807) is 19.1 Å². The first kappa shape index (κ1) is 14.2. The number of nitro benzene ring substituents is 1. The standard InChI is InChI=1S/C13H17NO4/c1-9-6-5-7-10(11(9)14(16)17)12(15)18-8-13(2,3)4/h5-7H,8H2,1-4H3. The number of esters is 1. The molecule has 1 aromatic carbocycles. The number of hydrogen-bond acceptors (Lipinski definition) is 4. The summed E-state index contributed by atoms with van der Waals surface area (Å²) in [5, 5.41) is 10.9. The van der Waals surface area contributed by atoms with E-state index in [1.807, 2.05) is 20.8 Å². The zero-order chi connectivity index (χ0) is 13.9. The Morgan fingerprint density at radius 3 is 2.50 bits per heavy atom. The summed E-state index contributed by atoms with van der Waals surface area (Å²) in [5.41, 5.74) is 0.0970. The summed E-state index contributed by atoms with van der Waals surface area (Å²) in [6.07, 6.45) is 0. The van der Waals surface area contributed by atoms with Crippen LogP contribution in [0.2, 0.25) is 0 Å². The van der Waals surface area contributed by atoms with Gasteiger partial charge in [0.15, 0.2) is 0 Å². The van der Waals surface area contributed by atoms with Crippen molar-refractivity contribution in [2.45, 2.75) is 27.7 Å². The second kappa shape index (κ2) is 5.16. The molecule has 0 aliphatic carbocycles. The Labute approximate surface area is 106 Å². The van der Waals surface area contributed by atoms with Crippen LogP contribution in [0, 0.1) is 22.5 Å². The quantitative estimate of drug-likeness (QED) is 0.470. The monoisotopic (exact) mass is 251 g/mol. The molecule has 0 spiro atoms. The van der Waals surface area contributed by atoms with Crippen molar-refractivity contribution in [3.63, 3.8) is 0 Å². The number of ether oxygens (including phenoxy) is 1. The molecule has 0 aromatic heterocycles. The topological polar surface area (TPSA) is 69.4 Å². The zero-order valence-electron chi connectivity index (χ0n) is 11.0. The van der Waals surface area contributed by atoms with Crippen LogP contribution in [-0.2, 0) is 4.74 Å². The number of nitro groups is 1. The largest absolute Gasteiger partial charge is 0.461 e. The van der Waals surface area contributed by atoms with Gasteiger partial charge in [0.1, 0.15) is 5.56 Å². The van der Waals surface area contributed by atoms with E-state index in [0.29, 0.717) is 5.56 Å². The molecule has 0 aliphatic rings. The molecular formula is C13H17NO4. The summed E-state index contributed by atoms with van der Waals surface area (Å²) >= 11 is 0. The molecule has 0 radical (unpaired) electrons. The second-order valence-electron chi connectivity index (χ2n) is 5.36. The number of nitrogens with zero attached hydrogens (tertiary/aromatic N) is 1. The molecule has 98 valence electrons. The molecular weight excluding hydrogens is 234 g/mol. The van der Waals surface area contributed by atoms with Crippen LogP contribution in [-0.4, -0.2) is 17.5 Å². The van der Waals surface area contributed by atoms with Gasteiger partial charge in [-0.05, 0) is 18.4 Å². The highest BCUT2D eigenvalue weighted by atomic mass is 16.6. The van der Waals surface area contributed by atoms with Crippen molar-refractivity contribution in [3.05, 3.63) is 39.4 Å². The Kier molecular flexibility index (Phi) is 4.06. The lowest BCUT2D eigenvalue weighted by Gasteiger charge is -2.17. The maximum atomic E-state index is 11.8. The van der Waals surface area contributed by atoms with Crippen LogP contribution in [0.4, 0.5) is 5.69 Å². The molecule has 18 heavy (non-hydrogen) atoms. The molecule has 0 amide bonds. The number of hydrogen-bond donors (Lipinski definition) is 0. The van der Waals surface area contributed by atoms with Gasteiger partial charge < -0.3 is 4.74 Å². The average molecular weight is 251 g/mol. The van der Waals surface area contributed by atoms with Crippen LogP contribution in [0.1, 0.15) is 36.7 Å². The number of carbonyl (C=O) groups excluding carboxylic acids is 1. The molecule has 5 nitrogen and oxygen atoms in total. The van der Waals surface area contributed by atoms with Crippen molar-refractivity contribution in [1.29, 1.82) is 0 Å². The minimum atomic E-state index is -0.652. The molecule has 5 heteroatoms. The number of para-hydroxylation sites is 1. The molecule has 0 fully saturated rings. The molecule has 1 aromatic rings. The number of carbonyl (C=O) groups is 1. The van der Waals surface area contributed by atoms with Crippen molar-refractivity contribution >= 4 is 11.7 Å². The highest BCUT2D eigenvalue weighted by Crippen LogP contribution is 2.24. The van der Waals surface area contributed by atoms with Crippen LogP contribution >= 0.6 is 0 Å². The molecule has 0 aliphatic heterocycles. The fourth-order valence-corrected chi connectivity index (χ4v) is 1.43. The lowest BCUT2D eigenvalue weighted by molar-refractivity contribution is -0.385. The molecule has 0 heterocycles. The van der Waals surface area contributed by atoms with E-state index in [9.17, 15) is 14.9 Å². The van der Waals surface area contributed by atoms with Gasteiger partial charge in [0.05, 0.1) is 11.5 Å². The highest BCUT2D eigenvalue weighted by Gasteiger charge is 2.24. The van der Waals surface area contributed by atoms with Gasteiger partial charge in [-0.1, -0.05) is 32.9 Å². The number of benzene rings is 1. The smallest absolute Gasteiger partial charge is 0.345 e. The first-order valence-corrected chi connectivity index (χ1v) is 5.63. The van der Waals surface area contributed by atoms with Gasteiger partial charge in [0, 0.05) is 5.56 Å². The van der Waals surface area contributed by atoms with E-state index in [2.05, 4.69) is 0 Å². The third kappa shape index (κ3) is 3.55. The molecule has 0 saturated carbocycles. The summed E-state index contributed by atoms with van der Waals surface area (Å²) in [7, 11) is 0. The first-order valence-electron chi connectivity index (χ1n) is 5.63. The first-order chi connectivity index (χ1) is 8.22. The van der Waals surface area contributed by atoms with E-state index >= 15 is 0 Å². The molecule has 1 rings (SSSR count). The Hall–Kier alpha value is -1.91. The predicted octanol–water partition coefficient (Wildman–Crippen LogP) is 3.11. The van der Waals surface area contributed by atoms with Gasteiger partial charge >= 0.3 is 5.97 Å². The summed E-state index contributed by atoms with van der Waals surface area (Å²) in [4.78, 5) is 22.2. The minimum Gasteiger partial charge on any atom is -0.461 e. The Balaban J connectivity index is 3.00. The molecule has 0 bridgehead atoms. The average Bonchev–Trinajstić information content (AvgIpc) is 2.24. The summed E-state index contributed by atoms with van der Waals surface area (Å²) in [5.74, 6) is -0.652. The summed E-state index contributed by atoms with van der Waals surface area (Å²) in [6.45, 7) is 7.58. The third-order valence-corrected chi connectivity index (χ3v) is 2.28. The van der Waals surface area contributed by atoms with Gasteiger partial charge in [-0.15, -0.1) is 0 Å². The van der Waals surface area contributed by atoms with E-state index in [1.165, 1.54) is 6.07 Å². The van der Waals surface area contributed by atoms with E-state index in [0.717, 1.165) is 0 Å². The highest BCUT2D eigenvalue weighted by molar-refractivity contribution is 5.94. The fourth-order valence-electron chi connectivity index (χ4n) is 1.43. The number of aryl methyl sites for hydroxylation is 1. The predicted molar refractivity (Wildman–Crippen MR) is 67.6 cm³/mol. The summed E-state index contributed by atoms with van der Waals surface area (Å²) < 4.78 is 5.09. The van der Waals surface area contributed by atoms with E-state index in [-0.39, 0.29) is 23.3 Å².